The maximum absolute atomic E-state index is 5.57. The van der Waals surface area contributed by atoms with Gasteiger partial charge in [0.15, 0.2) is 0 Å². The number of anilines is 1. The number of aryl methyl sites for hydroxylation is 1. The van der Waals surface area contributed by atoms with E-state index in [-0.39, 0.29) is 0 Å². The molecular weight excluding hydrogens is 372 g/mol. The normalized spacial score (nSPS) is 15.4. The Balaban J connectivity index is 1.66. The number of rotatable bonds is 7. The van der Waals surface area contributed by atoms with E-state index in [0.29, 0.717) is 5.92 Å². The molecule has 1 unspecified atom stereocenters. The first-order valence-electron chi connectivity index (χ1n) is 10.7. The molecule has 1 aromatic heterocycles. The van der Waals surface area contributed by atoms with Gasteiger partial charge in [0.05, 0.1) is 14.2 Å². The molecule has 3 aromatic rings. The van der Waals surface area contributed by atoms with E-state index in [1.807, 2.05) is 12.4 Å². The average molecular weight is 403 g/mol. The van der Waals surface area contributed by atoms with Crippen LogP contribution in [0.1, 0.15) is 41.5 Å². The summed E-state index contributed by atoms with van der Waals surface area (Å²) in [6.07, 6.45) is 7.01. The zero-order chi connectivity index (χ0) is 20.9. The van der Waals surface area contributed by atoms with E-state index in [9.17, 15) is 0 Å². The Morgan fingerprint density at radius 3 is 2.40 bits per heavy atom. The summed E-state index contributed by atoms with van der Waals surface area (Å²) in [7, 11) is 3.47. The Morgan fingerprint density at radius 2 is 1.67 bits per heavy atom. The van der Waals surface area contributed by atoms with Crippen LogP contribution in [0.25, 0.3) is 0 Å². The summed E-state index contributed by atoms with van der Waals surface area (Å²) >= 11 is 0. The number of fused-ring (bicyclic) bond motifs is 1. The van der Waals surface area contributed by atoms with E-state index in [0.717, 1.165) is 43.9 Å². The second-order valence-electron chi connectivity index (χ2n) is 7.87. The quantitative estimate of drug-likeness (QED) is 0.530. The zero-order valence-electron chi connectivity index (χ0n) is 18.1. The van der Waals surface area contributed by atoms with Gasteiger partial charge >= 0.3 is 0 Å². The number of hydrogen-bond donors (Lipinski definition) is 0. The lowest BCUT2D eigenvalue weighted by molar-refractivity contribution is 0.412. The second kappa shape index (κ2) is 9.21. The van der Waals surface area contributed by atoms with Crippen LogP contribution in [0.5, 0.6) is 11.5 Å². The van der Waals surface area contributed by atoms with Gasteiger partial charge in [0, 0.05) is 37.2 Å². The fourth-order valence-electron chi connectivity index (χ4n) is 4.47. The minimum atomic E-state index is 0.498. The van der Waals surface area contributed by atoms with Gasteiger partial charge in [-0.3, -0.25) is 4.98 Å². The van der Waals surface area contributed by atoms with Crippen LogP contribution in [-0.2, 0) is 19.4 Å². The Labute approximate surface area is 179 Å². The maximum Gasteiger partial charge on any atom is 0.120 e. The average Bonchev–Trinajstić information content (AvgIpc) is 2.82. The summed E-state index contributed by atoms with van der Waals surface area (Å²) in [6.45, 7) is 4.01. The second-order valence-corrected chi connectivity index (χ2v) is 7.87. The minimum absolute atomic E-state index is 0.498. The number of ether oxygens (including phenoxy) is 2. The van der Waals surface area contributed by atoms with Crippen LogP contribution in [-0.4, -0.2) is 25.7 Å². The molecule has 0 saturated carbocycles. The summed E-state index contributed by atoms with van der Waals surface area (Å²) in [5.74, 6) is 2.35. The summed E-state index contributed by atoms with van der Waals surface area (Å²) in [5, 5.41) is 0. The first kappa shape index (κ1) is 20.3. The molecule has 0 spiro atoms. The number of nitrogens with zero attached hydrogens (tertiary/aromatic N) is 2. The molecule has 0 bridgehead atoms. The molecule has 0 aliphatic heterocycles. The molecule has 0 N–H and O–H groups in total. The van der Waals surface area contributed by atoms with Gasteiger partial charge in [0.1, 0.15) is 11.5 Å². The summed E-state index contributed by atoms with van der Waals surface area (Å²) in [5.41, 5.74) is 6.81. The highest BCUT2D eigenvalue weighted by Gasteiger charge is 2.24. The molecule has 156 valence electrons. The van der Waals surface area contributed by atoms with Gasteiger partial charge in [-0.25, -0.2) is 0 Å². The van der Waals surface area contributed by atoms with E-state index < -0.39 is 0 Å². The van der Waals surface area contributed by atoms with Crippen molar-refractivity contribution in [1.82, 2.24) is 4.98 Å². The summed E-state index contributed by atoms with van der Waals surface area (Å²) in [4.78, 5) is 6.60. The van der Waals surface area contributed by atoms with Crippen LogP contribution < -0.4 is 14.4 Å². The molecule has 0 saturated heterocycles. The van der Waals surface area contributed by atoms with E-state index in [1.165, 1.54) is 27.9 Å². The van der Waals surface area contributed by atoms with Crippen LogP contribution in [0.3, 0.4) is 0 Å². The fraction of sp³-hybridized carbons (Fsp3) is 0.346. The van der Waals surface area contributed by atoms with Crippen LogP contribution >= 0.6 is 0 Å². The van der Waals surface area contributed by atoms with Gasteiger partial charge in [-0.1, -0.05) is 12.1 Å². The number of benzene rings is 2. The van der Waals surface area contributed by atoms with Crippen molar-refractivity contribution in [2.24, 2.45) is 0 Å². The summed E-state index contributed by atoms with van der Waals surface area (Å²) < 4.78 is 11.0. The molecule has 0 fully saturated rings. The highest BCUT2D eigenvalue weighted by Crippen LogP contribution is 2.40. The van der Waals surface area contributed by atoms with Crippen molar-refractivity contribution in [2.75, 3.05) is 25.7 Å². The molecule has 0 radical (unpaired) electrons. The maximum atomic E-state index is 5.57. The number of aromatic nitrogens is 1. The zero-order valence-corrected chi connectivity index (χ0v) is 18.1. The van der Waals surface area contributed by atoms with Crippen molar-refractivity contribution < 1.29 is 9.47 Å². The first-order valence-corrected chi connectivity index (χ1v) is 10.7. The Bertz CT molecular complexity index is 988. The third kappa shape index (κ3) is 4.28. The fourth-order valence-corrected chi connectivity index (χ4v) is 4.47. The molecule has 1 aliphatic rings. The third-order valence-electron chi connectivity index (χ3n) is 6.16. The van der Waals surface area contributed by atoms with E-state index in [2.05, 4.69) is 65.3 Å². The van der Waals surface area contributed by atoms with Gasteiger partial charge in [0.25, 0.3) is 0 Å². The van der Waals surface area contributed by atoms with Crippen LogP contribution in [0, 0.1) is 0 Å². The van der Waals surface area contributed by atoms with Crippen LogP contribution in [0.4, 0.5) is 5.69 Å². The molecule has 2 aromatic carbocycles. The van der Waals surface area contributed by atoms with Crippen molar-refractivity contribution in [3.8, 4) is 11.5 Å². The Kier molecular flexibility index (Phi) is 6.22. The van der Waals surface area contributed by atoms with Gasteiger partial charge in [-0.15, -0.1) is 0 Å². The summed E-state index contributed by atoms with van der Waals surface area (Å²) in [6, 6.07) is 17.3. The minimum Gasteiger partial charge on any atom is -0.497 e. The predicted octanol–water partition coefficient (Wildman–Crippen LogP) is 5.40. The van der Waals surface area contributed by atoms with Gasteiger partial charge in [0.2, 0.25) is 0 Å². The lowest BCUT2D eigenvalue weighted by Gasteiger charge is -2.32. The number of pyridine rings is 1. The van der Waals surface area contributed by atoms with Crippen molar-refractivity contribution >= 4 is 5.69 Å². The Hall–Kier alpha value is -3.01. The molecular formula is C26H30N2O2. The van der Waals surface area contributed by atoms with Gasteiger partial charge in [-0.05, 0) is 84.7 Å². The SMILES string of the molecule is CCN(Cc1ccncc1)c1cc(OC)ccc1C1CCc2cc(OC)ccc2C1. The lowest BCUT2D eigenvalue weighted by atomic mass is 9.79. The van der Waals surface area contributed by atoms with E-state index >= 15 is 0 Å². The van der Waals surface area contributed by atoms with E-state index in [4.69, 9.17) is 9.47 Å². The number of hydrogen-bond acceptors (Lipinski definition) is 4. The largest absolute Gasteiger partial charge is 0.497 e. The Morgan fingerprint density at radius 1 is 0.933 bits per heavy atom. The lowest BCUT2D eigenvalue weighted by Crippen LogP contribution is -2.25. The predicted molar refractivity (Wildman–Crippen MR) is 122 cm³/mol. The molecule has 1 aliphatic carbocycles. The first-order chi connectivity index (χ1) is 14.7. The standard InChI is InChI=1S/C26H30N2O2/c1-4-28(18-19-11-13-27-14-12-19)26-17-24(30-3)9-10-25(26)22-6-5-21-16-23(29-2)8-7-20(21)15-22/h7-14,16-17,22H,4-6,15,18H2,1-3H3. The molecule has 4 nitrogen and oxygen atoms in total. The third-order valence-corrected chi connectivity index (χ3v) is 6.16. The molecule has 4 rings (SSSR count). The topological polar surface area (TPSA) is 34.6 Å². The van der Waals surface area contributed by atoms with Crippen LogP contribution in [0.15, 0.2) is 60.9 Å². The van der Waals surface area contributed by atoms with Gasteiger partial charge < -0.3 is 14.4 Å². The van der Waals surface area contributed by atoms with Crippen molar-refractivity contribution in [3.63, 3.8) is 0 Å². The highest BCUT2D eigenvalue weighted by molar-refractivity contribution is 5.60. The van der Waals surface area contributed by atoms with Crippen LogP contribution in [0.2, 0.25) is 0 Å². The molecule has 0 amide bonds. The molecule has 4 heteroatoms. The highest BCUT2D eigenvalue weighted by atomic mass is 16.5. The smallest absolute Gasteiger partial charge is 0.120 e. The van der Waals surface area contributed by atoms with Crippen molar-refractivity contribution in [2.45, 2.75) is 38.6 Å². The van der Waals surface area contributed by atoms with E-state index in [1.54, 1.807) is 14.2 Å². The van der Waals surface area contributed by atoms with Gasteiger partial charge in [-0.2, -0.15) is 0 Å². The molecule has 1 heterocycles. The van der Waals surface area contributed by atoms with Crippen molar-refractivity contribution in [3.05, 3.63) is 83.2 Å². The van der Waals surface area contributed by atoms with Crippen molar-refractivity contribution in [1.29, 1.82) is 0 Å². The molecule has 30 heavy (non-hydrogen) atoms. The molecule has 1 atom stereocenters. The monoisotopic (exact) mass is 402 g/mol. The number of methoxy groups -OCH3 is 2.